The van der Waals surface area contributed by atoms with E-state index in [0.29, 0.717) is 18.9 Å². The van der Waals surface area contributed by atoms with Gasteiger partial charge in [-0.25, -0.2) is 4.79 Å². The molecule has 3 atom stereocenters. The van der Waals surface area contributed by atoms with Crippen molar-refractivity contribution in [1.82, 2.24) is 0 Å². The highest BCUT2D eigenvalue weighted by Crippen LogP contribution is 2.21. The second kappa shape index (κ2) is 8.99. The molecule has 0 spiro atoms. The third-order valence-electron chi connectivity index (χ3n) is 2.96. The smallest absolute Gasteiger partial charge is 0.330 e. The lowest BCUT2D eigenvalue weighted by Gasteiger charge is -2.23. The van der Waals surface area contributed by atoms with Crippen molar-refractivity contribution >= 4 is 5.97 Å². The van der Waals surface area contributed by atoms with Crippen molar-refractivity contribution in [1.29, 1.82) is 0 Å². The molecule has 0 bridgehead atoms. The third-order valence-corrected chi connectivity index (χ3v) is 2.96. The average molecular weight is 240 g/mol. The number of rotatable bonds is 8. The van der Waals surface area contributed by atoms with E-state index in [0.717, 1.165) is 6.42 Å². The zero-order valence-electron chi connectivity index (χ0n) is 11.1. The summed E-state index contributed by atoms with van der Waals surface area (Å²) in [5.74, 6) is 0.189. The maximum atomic E-state index is 11.1. The summed E-state index contributed by atoms with van der Waals surface area (Å²) in [5, 5.41) is 9.79. The van der Waals surface area contributed by atoms with E-state index < -0.39 is 0 Å². The van der Waals surface area contributed by atoms with Gasteiger partial charge in [-0.1, -0.05) is 26.0 Å². The van der Waals surface area contributed by atoms with Crippen molar-refractivity contribution in [2.75, 3.05) is 6.61 Å². The Morgan fingerprint density at radius 1 is 1.41 bits per heavy atom. The maximum absolute atomic E-state index is 11.1. The molecule has 3 nitrogen and oxygen atoms in total. The van der Waals surface area contributed by atoms with Gasteiger partial charge >= 0.3 is 5.97 Å². The molecule has 0 aliphatic carbocycles. The quantitative estimate of drug-likeness (QED) is 0.403. The Morgan fingerprint density at radius 2 is 2.06 bits per heavy atom. The summed E-state index contributed by atoms with van der Waals surface area (Å²) in [6.45, 7) is 9.86. The van der Waals surface area contributed by atoms with Crippen molar-refractivity contribution in [3.05, 3.63) is 24.8 Å². The highest BCUT2D eigenvalue weighted by Gasteiger charge is 2.18. The molecule has 0 aromatic carbocycles. The van der Waals surface area contributed by atoms with Crippen LogP contribution in [0.2, 0.25) is 0 Å². The van der Waals surface area contributed by atoms with Crippen LogP contribution in [-0.4, -0.2) is 23.8 Å². The normalized spacial score (nSPS) is 16.5. The largest absolute Gasteiger partial charge is 0.463 e. The van der Waals surface area contributed by atoms with Gasteiger partial charge in [-0.15, -0.1) is 6.58 Å². The number of ether oxygens (including phenoxy) is 1. The Morgan fingerprint density at radius 3 is 2.59 bits per heavy atom. The van der Waals surface area contributed by atoms with E-state index in [4.69, 9.17) is 4.74 Å². The second-order valence-electron chi connectivity index (χ2n) is 4.32. The van der Waals surface area contributed by atoms with Gasteiger partial charge in [0.2, 0.25) is 0 Å². The van der Waals surface area contributed by atoms with Crippen LogP contribution in [0.15, 0.2) is 24.8 Å². The van der Waals surface area contributed by atoms with E-state index >= 15 is 0 Å². The van der Waals surface area contributed by atoms with Gasteiger partial charge in [0.15, 0.2) is 0 Å². The monoisotopic (exact) mass is 240 g/mol. The highest BCUT2D eigenvalue weighted by molar-refractivity contribution is 5.81. The molecular formula is C14H24O3. The fourth-order valence-electron chi connectivity index (χ4n) is 1.55. The molecule has 0 aliphatic rings. The molecule has 0 saturated heterocycles. The first kappa shape index (κ1) is 15.9. The highest BCUT2D eigenvalue weighted by atomic mass is 16.5. The molecule has 0 rings (SSSR count). The van der Waals surface area contributed by atoms with Crippen LogP contribution in [0.4, 0.5) is 0 Å². The molecule has 1 N–H and O–H groups in total. The Labute approximate surface area is 104 Å². The van der Waals surface area contributed by atoms with Crippen LogP contribution in [0.1, 0.15) is 33.6 Å². The first-order valence-corrected chi connectivity index (χ1v) is 6.15. The fraction of sp³-hybridized carbons (Fsp3) is 0.643. The Hall–Kier alpha value is -1.09. The summed E-state index contributed by atoms with van der Waals surface area (Å²) >= 11 is 0. The Balaban J connectivity index is 4.03. The van der Waals surface area contributed by atoms with Gasteiger partial charge in [0, 0.05) is 6.08 Å². The SMILES string of the molecule is C=CC[C@H](O)[C@H](C)[C@@H](C)C/C=C/C(=O)OCC. The maximum Gasteiger partial charge on any atom is 0.330 e. The van der Waals surface area contributed by atoms with Crippen LogP contribution in [-0.2, 0) is 9.53 Å². The molecule has 0 fully saturated rings. The summed E-state index contributed by atoms with van der Waals surface area (Å²) in [6.07, 6.45) is 5.98. The first-order chi connectivity index (χ1) is 8.02. The van der Waals surface area contributed by atoms with Crippen molar-refractivity contribution in [3.8, 4) is 0 Å². The molecule has 17 heavy (non-hydrogen) atoms. The molecular weight excluding hydrogens is 216 g/mol. The third kappa shape index (κ3) is 6.95. The van der Waals surface area contributed by atoms with E-state index in [1.54, 1.807) is 19.1 Å². The van der Waals surface area contributed by atoms with Crippen LogP contribution in [0.25, 0.3) is 0 Å². The van der Waals surface area contributed by atoms with Gasteiger partial charge in [0.25, 0.3) is 0 Å². The van der Waals surface area contributed by atoms with Crippen LogP contribution < -0.4 is 0 Å². The van der Waals surface area contributed by atoms with E-state index in [2.05, 4.69) is 13.5 Å². The van der Waals surface area contributed by atoms with Crippen molar-refractivity contribution in [2.24, 2.45) is 11.8 Å². The first-order valence-electron chi connectivity index (χ1n) is 6.15. The van der Waals surface area contributed by atoms with Crippen LogP contribution in [0.5, 0.6) is 0 Å². The lowest BCUT2D eigenvalue weighted by molar-refractivity contribution is -0.137. The number of aliphatic hydroxyl groups excluding tert-OH is 1. The number of hydrogen-bond donors (Lipinski definition) is 1. The zero-order chi connectivity index (χ0) is 13.3. The molecule has 0 amide bonds. The molecule has 3 heteroatoms. The Kier molecular flexibility index (Phi) is 8.42. The zero-order valence-corrected chi connectivity index (χ0v) is 11.1. The van der Waals surface area contributed by atoms with Crippen LogP contribution in [0, 0.1) is 11.8 Å². The minimum absolute atomic E-state index is 0.180. The van der Waals surface area contributed by atoms with E-state index in [-0.39, 0.29) is 18.0 Å². The summed E-state index contributed by atoms with van der Waals surface area (Å²) in [4.78, 5) is 11.1. The van der Waals surface area contributed by atoms with Gasteiger partial charge in [0.1, 0.15) is 0 Å². The number of aliphatic hydroxyl groups is 1. The topological polar surface area (TPSA) is 46.5 Å². The standard InChI is InChI=1S/C14H24O3/c1-5-8-13(15)12(4)11(3)9-7-10-14(16)17-6-2/h5,7,10-13,15H,1,6,8-9H2,2-4H3/b10-7+/t11-,12+,13-/m0/s1. The molecule has 0 aliphatic heterocycles. The minimum atomic E-state index is -0.363. The van der Waals surface area contributed by atoms with Crippen molar-refractivity contribution in [2.45, 2.75) is 39.7 Å². The molecule has 0 unspecified atom stereocenters. The number of carbonyl (C=O) groups is 1. The van der Waals surface area contributed by atoms with Crippen molar-refractivity contribution in [3.63, 3.8) is 0 Å². The van der Waals surface area contributed by atoms with Crippen LogP contribution >= 0.6 is 0 Å². The molecule has 0 saturated carbocycles. The molecule has 98 valence electrons. The molecule has 0 aromatic rings. The van der Waals surface area contributed by atoms with Crippen molar-refractivity contribution < 1.29 is 14.6 Å². The van der Waals surface area contributed by atoms with E-state index in [9.17, 15) is 9.90 Å². The predicted molar refractivity (Wildman–Crippen MR) is 69.5 cm³/mol. The predicted octanol–water partition coefficient (Wildman–Crippen LogP) is 2.71. The van der Waals surface area contributed by atoms with Gasteiger partial charge in [-0.2, -0.15) is 0 Å². The molecule has 0 radical (unpaired) electrons. The molecule has 0 heterocycles. The lowest BCUT2D eigenvalue weighted by atomic mass is 9.87. The van der Waals surface area contributed by atoms with Gasteiger partial charge in [-0.05, 0) is 31.6 Å². The van der Waals surface area contributed by atoms with Gasteiger partial charge in [0.05, 0.1) is 12.7 Å². The van der Waals surface area contributed by atoms with Gasteiger partial charge in [-0.3, -0.25) is 0 Å². The number of allylic oxidation sites excluding steroid dienone is 1. The van der Waals surface area contributed by atoms with E-state index in [1.165, 1.54) is 6.08 Å². The fourth-order valence-corrected chi connectivity index (χ4v) is 1.55. The average Bonchev–Trinajstić information content (AvgIpc) is 2.28. The van der Waals surface area contributed by atoms with Gasteiger partial charge < -0.3 is 9.84 Å². The Bertz CT molecular complexity index is 258. The summed E-state index contributed by atoms with van der Waals surface area (Å²) < 4.78 is 4.78. The minimum Gasteiger partial charge on any atom is -0.463 e. The number of carbonyl (C=O) groups excluding carboxylic acids is 1. The summed E-state index contributed by atoms with van der Waals surface area (Å²) in [6, 6.07) is 0. The lowest BCUT2D eigenvalue weighted by Crippen LogP contribution is -2.23. The van der Waals surface area contributed by atoms with E-state index in [1.807, 2.05) is 6.92 Å². The number of esters is 1. The summed E-state index contributed by atoms with van der Waals surface area (Å²) in [5.41, 5.74) is 0. The molecule has 0 aromatic heterocycles. The number of hydrogen-bond acceptors (Lipinski definition) is 3. The summed E-state index contributed by atoms with van der Waals surface area (Å²) in [7, 11) is 0. The second-order valence-corrected chi connectivity index (χ2v) is 4.32. The van der Waals surface area contributed by atoms with Crippen LogP contribution in [0.3, 0.4) is 0 Å².